The molecule has 0 fully saturated rings. The molecule has 0 aliphatic heterocycles. The van der Waals surface area contributed by atoms with Gasteiger partial charge in [0.1, 0.15) is 9.75 Å². The lowest BCUT2D eigenvalue weighted by Crippen LogP contribution is -2.04. The molecule has 0 aliphatic carbocycles. The van der Waals surface area contributed by atoms with E-state index in [0.717, 1.165) is 0 Å². The molecular formula is C6H2O6S-2. The zero-order chi connectivity index (χ0) is 10.2. The number of carboxylic acid groups (broad SMARTS) is 2. The van der Waals surface area contributed by atoms with Crippen LogP contribution in [0.4, 0.5) is 0 Å². The van der Waals surface area contributed by atoms with E-state index in [-0.39, 0.29) is 11.3 Å². The number of rotatable bonds is 2. The van der Waals surface area contributed by atoms with Crippen molar-refractivity contribution in [2.24, 2.45) is 0 Å². The van der Waals surface area contributed by atoms with E-state index in [0.29, 0.717) is 0 Å². The average molecular weight is 202 g/mol. The minimum absolute atomic E-state index is 0.178. The summed E-state index contributed by atoms with van der Waals surface area (Å²) in [6, 6.07) is 0. The lowest BCUT2D eigenvalue weighted by atomic mass is 10.3. The zero-order valence-corrected chi connectivity index (χ0v) is 6.75. The topological polar surface area (TPSA) is 121 Å². The van der Waals surface area contributed by atoms with Crippen LogP contribution >= 0.6 is 11.3 Å². The van der Waals surface area contributed by atoms with Gasteiger partial charge in [0.25, 0.3) is 0 Å². The van der Waals surface area contributed by atoms with Gasteiger partial charge in [-0.2, -0.15) is 0 Å². The van der Waals surface area contributed by atoms with E-state index in [1.807, 2.05) is 0 Å². The summed E-state index contributed by atoms with van der Waals surface area (Å²) in [6.07, 6.45) is 0. The monoisotopic (exact) mass is 202 g/mol. The lowest BCUT2D eigenvalue weighted by Gasteiger charge is -2.12. The maximum atomic E-state index is 10.8. The van der Waals surface area contributed by atoms with Crippen LogP contribution in [0.15, 0.2) is 0 Å². The van der Waals surface area contributed by atoms with Crippen LogP contribution in [0.3, 0.4) is 0 Å². The predicted octanol–water partition coefficient (Wildman–Crippen LogP) is -0.708. The van der Waals surface area contributed by atoms with Crippen LogP contribution in [0.1, 0.15) is 19.3 Å². The first-order valence-electron chi connectivity index (χ1n) is 2.92. The third-order valence-electron chi connectivity index (χ3n) is 1.21. The van der Waals surface area contributed by atoms with Gasteiger partial charge in [-0.15, -0.1) is 11.3 Å². The Morgan fingerprint density at radius 3 is 1.46 bits per heavy atom. The molecule has 0 radical (unpaired) electrons. The molecule has 13 heavy (non-hydrogen) atoms. The van der Waals surface area contributed by atoms with Gasteiger partial charge in [-0.25, -0.2) is 9.59 Å². The first-order chi connectivity index (χ1) is 5.95. The Balaban J connectivity index is 3.36. The van der Waals surface area contributed by atoms with Gasteiger partial charge in [0.15, 0.2) is 0 Å². The highest BCUT2D eigenvalue weighted by Crippen LogP contribution is 2.35. The van der Waals surface area contributed by atoms with Gasteiger partial charge < -0.3 is 20.4 Å². The van der Waals surface area contributed by atoms with E-state index in [4.69, 9.17) is 10.2 Å². The van der Waals surface area contributed by atoms with Gasteiger partial charge in [-0.3, -0.25) is 0 Å². The second-order valence-electron chi connectivity index (χ2n) is 2.03. The molecule has 0 atom stereocenters. The molecule has 0 spiro atoms. The minimum atomic E-state index is -1.58. The van der Waals surface area contributed by atoms with E-state index >= 15 is 0 Å². The molecule has 0 saturated heterocycles. The van der Waals surface area contributed by atoms with Gasteiger partial charge in [-0.05, 0) is 0 Å². The molecule has 1 heterocycles. The summed E-state index contributed by atoms with van der Waals surface area (Å²) in [5.74, 6) is -5.70. The van der Waals surface area contributed by atoms with Crippen molar-refractivity contribution in [3.05, 3.63) is 9.75 Å². The Morgan fingerprint density at radius 1 is 1.00 bits per heavy atom. The van der Waals surface area contributed by atoms with Crippen LogP contribution in [-0.2, 0) is 0 Å². The first kappa shape index (κ1) is 9.33. The third-order valence-corrected chi connectivity index (χ3v) is 2.34. The van der Waals surface area contributed by atoms with Crippen molar-refractivity contribution in [2.75, 3.05) is 0 Å². The first-order valence-corrected chi connectivity index (χ1v) is 3.74. The smallest absolute Gasteiger partial charge is 0.345 e. The van der Waals surface area contributed by atoms with Crippen LogP contribution < -0.4 is 10.2 Å². The molecule has 6 nitrogen and oxygen atoms in total. The number of hydrogen-bond acceptors (Lipinski definition) is 5. The second-order valence-corrected chi connectivity index (χ2v) is 3.05. The summed E-state index contributed by atoms with van der Waals surface area (Å²) in [4.78, 5) is 19.1. The molecule has 7 heteroatoms. The Kier molecular flexibility index (Phi) is 2.11. The second kappa shape index (κ2) is 2.94. The zero-order valence-electron chi connectivity index (χ0n) is 5.94. The Morgan fingerprint density at radius 2 is 1.31 bits per heavy atom. The molecule has 0 bridgehead atoms. The lowest BCUT2D eigenvalue weighted by molar-refractivity contribution is -0.316. The van der Waals surface area contributed by atoms with Crippen LogP contribution in [-0.4, -0.2) is 22.2 Å². The van der Waals surface area contributed by atoms with E-state index in [1.54, 1.807) is 0 Å². The molecule has 0 aromatic carbocycles. The molecule has 70 valence electrons. The van der Waals surface area contributed by atoms with E-state index in [1.165, 1.54) is 0 Å². The minimum Gasteiger partial charge on any atom is -0.872 e. The number of aromatic carboxylic acids is 2. The van der Waals surface area contributed by atoms with Gasteiger partial charge in [0.2, 0.25) is 0 Å². The highest BCUT2D eigenvalue weighted by atomic mass is 32.1. The normalized spacial score (nSPS) is 9.85. The highest BCUT2D eigenvalue weighted by Gasteiger charge is 2.15. The van der Waals surface area contributed by atoms with Gasteiger partial charge >= 0.3 is 11.9 Å². The fourth-order valence-corrected chi connectivity index (χ4v) is 1.43. The largest absolute Gasteiger partial charge is 0.872 e. The molecule has 0 unspecified atom stereocenters. The van der Waals surface area contributed by atoms with Crippen LogP contribution in [0.5, 0.6) is 11.5 Å². The fraction of sp³-hybridized carbons (Fsp3) is 0. The van der Waals surface area contributed by atoms with Crippen molar-refractivity contribution in [3.8, 4) is 11.5 Å². The van der Waals surface area contributed by atoms with Crippen molar-refractivity contribution >= 4 is 23.3 Å². The standard InChI is InChI=1S/C6H4O6S/c7-1-2(8)4(6(11)12)13-3(1)5(9)10/h7-8H,(H,9,10)(H,11,12)/p-2. The quantitative estimate of drug-likeness (QED) is 0.653. The molecule has 0 amide bonds. The number of carboxylic acids is 2. The summed E-state index contributed by atoms with van der Waals surface area (Å²) in [7, 11) is 0. The van der Waals surface area contributed by atoms with Crippen molar-refractivity contribution in [1.82, 2.24) is 0 Å². The van der Waals surface area contributed by atoms with Crippen molar-refractivity contribution in [1.29, 1.82) is 0 Å². The SMILES string of the molecule is O=C(O)c1sc(C(=O)O)c([O-])c1[O-]. The highest BCUT2D eigenvalue weighted by molar-refractivity contribution is 7.16. The summed E-state index contributed by atoms with van der Waals surface area (Å²) >= 11 is 0.178. The van der Waals surface area contributed by atoms with Crippen molar-refractivity contribution < 1.29 is 30.0 Å². The fourth-order valence-electron chi connectivity index (χ4n) is 0.683. The van der Waals surface area contributed by atoms with Gasteiger partial charge in [0.05, 0.1) is 0 Å². The Hall–Kier alpha value is -1.76. The van der Waals surface area contributed by atoms with Crippen molar-refractivity contribution in [3.63, 3.8) is 0 Å². The number of carbonyl (C=O) groups is 2. The molecule has 0 saturated carbocycles. The van der Waals surface area contributed by atoms with Crippen molar-refractivity contribution in [2.45, 2.75) is 0 Å². The average Bonchev–Trinajstić information content (AvgIpc) is 2.29. The number of hydrogen-bond donors (Lipinski definition) is 2. The summed E-state index contributed by atoms with van der Waals surface area (Å²) in [5.41, 5.74) is 0. The maximum Gasteiger partial charge on any atom is 0.345 e. The maximum absolute atomic E-state index is 10.8. The van der Waals surface area contributed by atoms with E-state index in [9.17, 15) is 19.8 Å². The van der Waals surface area contributed by atoms with Gasteiger partial charge in [0, 0.05) is 0 Å². The summed E-state index contributed by atoms with van der Waals surface area (Å²) in [6.45, 7) is 0. The summed E-state index contributed by atoms with van der Waals surface area (Å²) in [5, 5.41) is 38.3. The summed E-state index contributed by atoms with van der Waals surface area (Å²) < 4.78 is 0. The van der Waals surface area contributed by atoms with Crippen LogP contribution in [0.25, 0.3) is 0 Å². The molecule has 2 N–H and O–H groups in total. The van der Waals surface area contributed by atoms with E-state index in [2.05, 4.69) is 0 Å². The van der Waals surface area contributed by atoms with E-state index < -0.39 is 33.2 Å². The molecule has 1 rings (SSSR count). The van der Waals surface area contributed by atoms with Crippen LogP contribution in [0.2, 0.25) is 0 Å². The molecular weight excluding hydrogens is 200 g/mol. The Bertz CT molecular complexity index is 344. The van der Waals surface area contributed by atoms with Gasteiger partial charge in [-0.1, -0.05) is 11.5 Å². The number of thiophene rings is 1. The Labute approximate surface area is 75.3 Å². The predicted molar refractivity (Wildman–Crippen MR) is 37.1 cm³/mol. The molecule has 0 aliphatic rings. The van der Waals surface area contributed by atoms with Crippen LogP contribution in [0, 0.1) is 0 Å². The molecule has 1 aromatic heterocycles. The molecule has 1 aromatic rings. The third kappa shape index (κ3) is 1.41.